The second-order valence-corrected chi connectivity index (χ2v) is 7.72. The predicted molar refractivity (Wildman–Crippen MR) is 105 cm³/mol. The number of nitrogens with zero attached hydrogens (tertiary/aromatic N) is 2. The molecule has 2 N–H and O–H groups in total. The average molecular weight is 386 g/mol. The lowest BCUT2D eigenvalue weighted by atomic mass is 9.83. The molecule has 0 saturated carbocycles. The molecule has 0 unspecified atom stereocenters. The lowest BCUT2D eigenvalue weighted by Gasteiger charge is -2.28. The van der Waals surface area contributed by atoms with Gasteiger partial charge in [0.25, 0.3) is 5.56 Å². The summed E-state index contributed by atoms with van der Waals surface area (Å²) in [5.41, 5.74) is 1.93. The van der Waals surface area contributed by atoms with Gasteiger partial charge in [-0.3, -0.25) is 9.78 Å². The molecule has 27 heavy (non-hydrogen) atoms. The van der Waals surface area contributed by atoms with E-state index >= 15 is 0 Å². The van der Waals surface area contributed by atoms with Crippen molar-refractivity contribution in [1.82, 2.24) is 15.0 Å². The minimum Gasteiger partial charge on any atom is -0.466 e. The summed E-state index contributed by atoms with van der Waals surface area (Å²) in [6.07, 6.45) is 3.27. The van der Waals surface area contributed by atoms with E-state index in [0.717, 1.165) is 11.3 Å². The van der Waals surface area contributed by atoms with Crippen molar-refractivity contribution in [3.8, 4) is 0 Å². The Labute approximate surface area is 161 Å². The van der Waals surface area contributed by atoms with Gasteiger partial charge in [-0.15, -0.1) is 0 Å². The van der Waals surface area contributed by atoms with Gasteiger partial charge in [0.15, 0.2) is 5.16 Å². The fraction of sp³-hybridized carbons (Fsp3) is 0.368. The highest BCUT2D eigenvalue weighted by Gasteiger charge is 2.36. The largest absolute Gasteiger partial charge is 0.466 e. The van der Waals surface area contributed by atoms with Crippen molar-refractivity contribution in [1.29, 1.82) is 0 Å². The summed E-state index contributed by atoms with van der Waals surface area (Å²) in [7, 11) is 1.33. The van der Waals surface area contributed by atoms with Crippen molar-refractivity contribution in [3.63, 3.8) is 0 Å². The first-order valence-corrected chi connectivity index (χ1v) is 9.64. The van der Waals surface area contributed by atoms with Gasteiger partial charge in [0.2, 0.25) is 0 Å². The number of carbonyl (C=O) groups is 1. The second-order valence-electron chi connectivity index (χ2n) is 6.71. The van der Waals surface area contributed by atoms with Gasteiger partial charge < -0.3 is 15.0 Å². The number of aromatic amines is 1. The Morgan fingerprint density at radius 2 is 2.04 bits per heavy atom. The van der Waals surface area contributed by atoms with E-state index in [1.807, 2.05) is 0 Å². The summed E-state index contributed by atoms with van der Waals surface area (Å²) >= 11 is 1.50. The van der Waals surface area contributed by atoms with Crippen molar-refractivity contribution in [2.24, 2.45) is 5.92 Å². The number of nitrogens with one attached hydrogen (secondary N) is 2. The number of allylic oxidation sites excluding steroid dienone is 1. The van der Waals surface area contributed by atoms with Gasteiger partial charge in [-0.05, 0) is 30.5 Å². The lowest BCUT2D eigenvalue weighted by Crippen LogP contribution is -2.31. The van der Waals surface area contributed by atoms with E-state index < -0.39 is 11.9 Å². The molecule has 7 nitrogen and oxygen atoms in total. The number of fused-ring (bicyclic) bond motifs is 1. The van der Waals surface area contributed by atoms with Crippen LogP contribution in [0.15, 0.2) is 45.7 Å². The molecule has 1 aliphatic heterocycles. The van der Waals surface area contributed by atoms with Gasteiger partial charge in [-0.2, -0.15) is 0 Å². The number of pyridine rings is 1. The average Bonchev–Trinajstić information content (AvgIpc) is 2.65. The Hall–Kier alpha value is -2.61. The minimum atomic E-state index is -0.572. The Morgan fingerprint density at radius 3 is 2.67 bits per heavy atom. The van der Waals surface area contributed by atoms with Crippen LogP contribution in [0.3, 0.4) is 0 Å². The zero-order chi connectivity index (χ0) is 19.6. The van der Waals surface area contributed by atoms with E-state index in [1.165, 1.54) is 18.9 Å². The number of rotatable bonds is 5. The highest BCUT2D eigenvalue weighted by molar-refractivity contribution is 7.99. The standard InChI is InChI=1S/C19H22N4O3S/c1-10(2)9-27-19-22-16-15(17(24)23-19)14(12-5-7-20-8-6-12)13(11(3)21-16)18(25)26-4/h5-8,10,14H,9H2,1-4H3,(H2,21,22,23,24)/t14-/m1/s1. The number of esters is 1. The third-order valence-electron chi connectivity index (χ3n) is 4.22. The number of anilines is 1. The summed E-state index contributed by atoms with van der Waals surface area (Å²) in [5, 5.41) is 3.67. The highest BCUT2D eigenvalue weighted by Crippen LogP contribution is 2.39. The van der Waals surface area contributed by atoms with Crippen LogP contribution >= 0.6 is 11.8 Å². The molecular weight excluding hydrogens is 364 g/mol. The van der Waals surface area contributed by atoms with Crippen LogP contribution in [0.25, 0.3) is 0 Å². The minimum absolute atomic E-state index is 0.269. The third-order valence-corrected chi connectivity index (χ3v) is 5.52. The monoisotopic (exact) mass is 386 g/mol. The van der Waals surface area contributed by atoms with Gasteiger partial charge in [-0.1, -0.05) is 25.6 Å². The number of thioether (sulfide) groups is 1. The van der Waals surface area contributed by atoms with E-state index in [0.29, 0.717) is 33.7 Å². The summed E-state index contributed by atoms with van der Waals surface area (Å²) in [4.78, 5) is 36.9. The molecule has 3 rings (SSSR count). The van der Waals surface area contributed by atoms with Crippen LogP contribution in [0.2, 0.25) is 0 Å². The smallest absolute Gasteiger partial charge is 0.336 e. The number of ether oxygens (including phenoxy) is 1. The van der Waals surface area contributed by atoms with Crippen molar-refractivity contribution in [3.05, 3.63) is 57.3 Å². The second kappa shape index (κ2) is 7.96. The number of aromatic nitrogens is 3. The van der Waals surface area contributed by atoms with Crippen LogP contribution in [0.1, 0.15) is 37.8 Å². The maximum Gasteiger partial charge on any atom is 0.336 e. The first kappa shape index (κ1) is 19.2. The van der Waals surface area contributed by atoms with Crippen molar-refractivity contribution in [2.75, 3.05) is 18.2 Å². The van der Waals surface area contributed by atoms with Crippen LogP contribution in [-0.4, -0.2) is 33.8 Å². The summed E-state index contributed by atoms with van der Waals surface area (Å²) in [5.74, 6) is 0.734. The molecule has 0 saturated heterocycles. The number of carbonyl (C=O) groups excluding carboxylic acids is 1. The van der Waals surface area contributed by atoms with Crippen LogP contribution in [0, 0.1) is 5.92 Å². The zero-order valence-electron chi connectivity index (χ0n) is 15.7. The fourth-order valence-corrected chi connectivity index (χ4v) is 3.83. The normalized spacial score (nSPS) is 16.1. The molecule has 0 aliphatic carbocycles. The van der Waals surface area contributed by atoms with E-state index in [-0.39, 0.29) is 5.56 Å². The van der Waals surface area contributed by atoms with Crippen LogP contribution in [0.5, 0.6) is 0 Å². The molecule has 0 radical (unpaired) electrons. The predicted octanol–water partition coefficient (Wildman–Crippen LogP) is 2.92. The summed E-state index contributed by atoms with van der Waals surface area (Å²) in [6.45, 7) is 6.00. The molecule has 0 aromatic carbocycles. The van der Waals surface area contributed by atoms with Crippen molar-refractivity contribution >= 4 is 23.5 Å². The fourth-order valence-electron chi connectivity index (χ4n) is 3.01. The van der Waals surface area contributed by atoms with E-state index in [9.17, 15) is 9.59 Å². The molecule has 8 heteroatoms. The molecule has 2 aromatic rings. The van der Waals surface area contributed by atoms with E-state index in [4.69, 9.17) is 4.74 Å². The first-order chi connectivity index (χ1) is 12.9. The van der Waals surface area contributed by atoms with Gasteiger partial charge in [0.1, 0.15) is 5.82 Å². The Bertz CT molecular complexity index is 938. The molecule has 0 fully saturated rings. The summed E-state index contributed by atoms with van der Waals surface area (Å²) < 4.78 is 4.97. The molecular formula is C19H22N4O3S. The quantitative estimate of drug-likeness (QED) is 0.463. The molecule has 0 amide bonds. The SMILES string of the molecule is COC(=O)C1=C(C)Nc2nc(SCC(C)C)[nH]c(=O)c2[C@@H]1c1ccncc1. The number of H-pyrrole nitrogens is 1. The summed E-state index contributed by atoms with van der Waals surface area (Å²) in [6, 6.07) is 3.58. The maximum absolute atomic E-state index is 12.9. The molecule has 3 heterocycles. The molecule has 0 spiro atoms. The third kappa shape index (κ3) is 3.90. The number of hydrogen-bond donors (Lipinski definition) is 2. The van der Waals surface area contributed by atoms with Crippen molar-refractivity contribution in [2.45, 2.75) is 31.8 Å². The lowest BCUT2D eigenvalue weighted by molar-refractivity contribution is -0.136. The zero-order valence-corrected chi connectivity index (χ0v) is 16.5. The van der Waals surface area contributed by atoms with Crippen LogP contribution in [-0.2, 0) is 9.53 Å². The number of hydrogen-bond acceptors (Lipinski definition) is 7. The Morgan fingerprint density at radius 1 is 1.33 bits per heavy atom. The van der Waals surface area contributed by atoms with Gasteiger partial charge >= 0.3 is 5.97 Å². The maximum atomic E-state index is 12.9. The molecule has 142 valence electrons. The molecule has 0 bridgehead atoms. The Kier molecular flexibility index (Phi) is 5.65. The Balaban J connectivity index is 2.15. The topological polar surface area (TPSA) is 97.0 Å². The highest BCUT2D eigenvalue weighted by atomic mass is 32.2. The molecule has 1 aliphatic rings. The van der Waals surface area contributed by atoms with E-state index in [1.54, 1.807) is 31.5 Å². The van der Waals surface area contributed by atoms with Gasteiger partial charge in [-0.25, -0.2) is 9.78 Å². The van der Waals surface area contributed by atoms with Crippen LogP contribution in [0.4, 0.5) is 5.82 Å². The van der Waals surface area contributed by atoms with Gasteiger partial charge in [0, 0.05) is 23.8 Å². The van der Waals surface area contributed by atoms with E-state index in [2.05, 4.69) is 34.1 Å². The molecule has 2 aromatic heterocycles. The van der Waals surface area contributed by atoms with Gasteiger partial charge in [0.05, 0.1) is 24.2 Å². The first-order valence-electron chi connectivity index (χ1n) is 8.65. The van der Waals surface area contributed by atoms with Crippen LogP contribution < -0.4 is 10.9 Å². The number of methoxy groups -OCH3 is 1. The molecule has 1 atom stereocenters. The van der Waals surface area contributed by atoms with Crippen molar-refractivity contribution < 1.29 is 9.53 Å².